The van der Waals surface area contributed by atoms with Crippen LogP contribution < -0.4 is 10.6 Å². The van der Waals surface area contributed by atoms with E-state index in [0.717, 1.165) is 35.1 Å². The zero-order valence-corrected chi connectivity index (χ0v) is 27.9. The SMILES string of the molecule is Cc1ccc(O)c(-c2nn(C)cc2-c2ccc(NC(=O)C3CCCCN3C(=O)[C@H](Cc3ccccc3)NC(=O)CC(C)(C)C)cc2)c1. The molecule has 1 aliphatic rings. The number of hydrogen-bond acceptors (Lipinski definition) is 5. The fourth-order valence-electron chi connectivity index (χ4n) is 6.14. The minimum absolute atomic E-state index is 0.158. The maximum absolute atomic E-state index is 14.1. The van der Waals surface area contributed by atoms with E-state index in [9.17, 15) is 19.5 Å². The molecule has 0 saturated carbocycles. The quantitative estimate of drug-likeness (QED) is 0.201. The molecule has 9 heteroatoms. The number of phenols is 1. The Hall–Kier alpha value is -4.92. The topological polar surface area (TPSA) is 117 Å². The molecule has 0 spiro atoms. The van der Waals surface area contributed by atoms with Crippen LogP contribution in [0.5, 0.6) is 5.75 Å². The van der Waals surface area contributed by atoms with E-state index in [0.29, 0.717) is 36.3 Å². The van der Waals surface area contributed by atoms with Crippen LogP contribution in [-0.4, -0.2) is 56.1 Å². The van der Waals surface area contributed by atoms with Gasteiger partial charge in [0.2, 0.25) is 17.7 Å². The van der Waals surface area contributed by atoms with Crippen molar-refractivity contribution in [2.24, 2.45) is 12.5 Å². The summed E-state index contributed by atoms with van der Waals surface area (Å²) in [6, 6.07) is 21.1. The molecular formula is C38H45N5O4. The van der Waals surface area contributed by atoms with Crippen LogP contribution >= 0.6 is 0 Å². The number of phenolic OH excluding ortho intramolecular Hbond substituents is 1. The minimum Gasteiger partial charge on any atom is -0.507 e. The fourth-order valence-corrected chi connectivity index (χ4v) is 6.14. The van der Waals surface area contributed by atoms with Gasteiger partial charge in [-0.2, -0.15) is 5.10 Å². The first-order chi connectivity index (χ1) is 22.4. The number of aryl methyl sites for hydroxylation is 2. The average Bonchev–Trinajstić information content (AvgIpc) is 3.42. The number of aromatic nitrogens is 2. The van der Waals surface area contributed by atoms with Crippen LogP contribution in [0, 0.1) is 12.3 Å². The number of carbonyl (C=O) groups excluding carboxylic acids is 3. The molecule has 4 aromatic rings. The zero-order valence-electron chi connectivity index (χ0n) is 27.9. The summed E-state index contributed by atoms with van der Waals surface area (Å²) >= 11 is 0. The van der Waals surface area contributed by atoms with Crippen molar-refractivity contribution >= 4 is 23.4 Å². The highest BCUT2D eigenvalue weighted by Crippen LogP contribution is 2.36. The summed E-state index contributed by atoms with van der Waals surface area (Å²) in [7, 11) is 1.84. The number of likely N-dealkylation sites (tertiary alicyclic amines) is 1. The number of nitrogens with zero attached hydrogens (tertiary/aromatic N) is 3. The molecule has 2 atom stereocenters. The second-order valence-electron chi connectivity index (χ2n) is 13.7. The molecule has 1 unspecified atom stereocenters. The van der Waals surface area contributed by atoms with Crippen LogP contribution in [0.15, 0.2) is 79.0 Å². The van der Waals surface area contributed by atoms with Gasteiger partial charge in [0.25, 0.3) is 0 Å². The summed E-state index contributed by atoms with van der Waals surface area (Å²) in [4.78, 5) is 42.4. The van der Waals surface area contributed by atoms with E-state index in [1.165, 1.54) is 0 Å². The largest absolute Gasteiger partial charge is 0.507 e. The molecule has 1 fully saturated rings. The number of amides is 3. The maximum atomic E-state index is 14.1. The molecule has 3 N–H and O–H groups in total. The molecule has 0 bridgehead atoms. The Morgan fingerprint density at radius 2 is 1.70 bits per heavy atom. The van der Waals surface area contributed by atoms with Crippen molar-refractivity contribution in [3.05, 3.63) is 90.1 Å². The Kier molecular flexibility index (Phi) is 10.1. The third-order valence-electron chi connectivity index (χ3n) is 8.39. The van der Waals surface area contributed by atoms with Gasteiger partial charge in [0, 0.05) is 49.4 Å². The summed E-state index contributed by atoms with van der Waals surface area (Å²) < 4.78 is 1.72. The second kappa shape index (κ2) is 14.2. The first-order valence-electron chi connectivity index (χ1n) is 16.3. The van der Waals surface area contributed by atoms with Crippen LogP contribution in [0.3, 0.4) is 0 Å². The predicted octanol–water partition coefficient (Wildman–Crippen LogP) is 6.25. The van der Waals surface area contributed by atoms with Gasteiger partial charge in [0.05, 0.1) is 0 Å². The summed E-state index contributed by atoms with van der Waals surface area (Å²) in [5.74, 6) is -0.517. The number of hydrogen-bond donors (Lipinski definition) is 3. The number of piperidine rings is 1. The molecule has 246 valence electrons. The molecule has 9 nitrogen and oxygen atoms in total. The number of benzene rings is 3. The van der Waals surface area contributed by atoms with E-state index in [1.807, 2.05) is 108 Å². The number of aromatic hydroxyl groups is 1. The Morgan fingerprint density at radius 3 is 2.40 bits per heavy atom. The van der Waals surface area contributed by atoms with Crippen LogP contribution in [0.25, 0.3) is 22.4 Å². The first kappa shape index (κ1) is 33.4. The van der Waals surface area contributed by atoms with Crippen LogP contribution in [0.4, 0.5) is 5.69 Å². The van der Waals surface area contributed by atoms with Gasteiger partial charge in [-0.15, -0.1) is 0 Å². The van der Waals surface area contributed by atoms with E-state index >= 15 is 0 Å². The minimum atomic E-state index is -0.776. The molecule has 47 heavy (non-hydrogen) atoms. The Morgan fingerprint density at radius 1 is 0.979 bits per heavy atom. The monoisotopic (exact) mass is 635 g/mol. The molecule has 2 heterocycles. The summed E-state index contributed by atoms with van der Waals surface area (Å²) in [5.41, 5.74) is 5.40. The van der Waals surface area contributed by atoms with Gasteiger partial charge >= 0.3 is 0 Å². The number of carbonyl (C=O) groups is 3. The molecule has 3 amide bonds. The molecule has 3 aromatic carbocycles. The Balaban J connectivity index is 1.33. The van der Waals surface area contributed by atoms with E-state index in [1.54, 1.807) is 15.6 Å². The highest BCUT2D eigenvalue weighted by molar-refractivity contribution is 5.99. The standard InChI is InChI=1S/C38H45N5O4/c1-25-14-19-33(44)29(21-25)35-30(24-42(5)41-35)27-15-17-28(18-16-27)39-36(46)32-13-9-10-20-43(32)37(47)31(22-26-11-7-6-8-12-26)40-34(45)23-38(2,3)4/h6-8,11-12,14-19,21,24,31-32,44H,9-10,13,20,22-23H2,1-5H3,(H,39,46)(H,40,45)/t31-,32?/m0/s1. The third-order valence-corrected chi connectivity index (χ3v) is 8.39. The summed E-state index contributed by atoms with van der Waals surface area (Å²) in [6.07, 6.45) is 4.71. The lowest BCUT2D eigenvalue weighted by Crippen LogP contribution is -2.57. The maximum Gasteiger partial charge on any atom is 0.247 e. The zero-order chi connectivity index (χ0) is 33.7. The van der Waals surface area contributed by atoms with Crippen molar-refractivity contribution < 1.29 is 19.5 Å². The van der Waals surface area contributed by atoms with Gasteiger partial charge < -0.3 is 20.6 Å². The lowest BCUT2D eigenvalue weighted by molar-refractivity contribution is -0.143. The predicted molar refractivity (Wildman–Crippen MR) is 185 cm³/mol. The van der Waals surface area contributed by atoms with Crippen LogP contribution in [0.2, 0.25) is 0 Å². The smallest absolute Gasteiger partial charge is 0.247 e. The highest BCUT2D eigenvalue weighted by atomic mass is 16.3. The molecule has 1 aliphatic heterocycles. The molecule has 0 radical (unpaired) electrons. The van der Waals surface area contributed by atoms with E-state index in [4.69, 9.17) is 0 Å². The van der Waals surface area contributed by atoms with E-state index in [-0.39, 0.29) is 35.3 Å². The highest BCUT2D eigenvalue weighted by Gasteiger charge is 2.36. The Labute approximate surface area is 277 Å². The average molecular weight is 636 g/mol. The van der Waals surface area contributed by atoms with Gasteiger partial charge in [-0.3, -0.25) is 19.1 Å². The van der Waals surface area contributed by atoms with Gasteiger partial charge in [0.15, 0.2) is 0 Å². The van der Waals surface area contributed by atoms with Crippen molar-refractivity contribution in [1.82, 2.24) is 20.0 Å². The number of anilines is 1. The molecular weight excluding hydrogens is 590 g/mol. The van der Waals surface area contributed by atoms with Gasteiger partial charge in [-0.1, -0.05) is 74.9 Å². The first-order valence-corrected chi connectivity index (χ1v) is 16.3. The normalized spacial score (nSPS) is 15.6. The molecule has 1 saturated heterocycles. The molecule has 5 rings (SSSR count). The van der Waals surface area contributed by atoms with Crippen LogP contribution in [0.1, 0.15) is 57.6 Å². The second-order valence-corrected chi connectivity index (χ2v) is 13.7. The Bertz CT molecular complexity index is 1720. The van der Waals surface area contributed by atoms with E-state index < -0.39 is 12.1 Å². The fraction of sp³-hybridized carbons (Fsp3) is 0.368. The van der Waals surface area contributed by atoms with Crippen molar-refractivity contribution in [2.45, 2.75) is 71.9 Å². The van der Waals surface area contributed by atoms with Gasteiger partial charge in [-0.05, 0) is 67.0 Å². The number of rotatable bonds is 9. The third kappa shape index (κ3) is 8.47. The van der Waals surface area contributed by atoms with E-state index in [2.05, 4.69) is 15.7 Å². The lowest BCUT2D eigenvalue weighted by Gasteiger charge is -2.37. The van der Waals surface area contributed by atoms with Crippen LogP contribution in [-0.2, 0) is 27.9 Å². The van der Waals surface area contributed by atoms with Gasteiger partial charge in [-0.25, -0.2) is 0 Å². The van der Waals surface area contributed by atoms with Crippen molar-refractivity contribution in [2.75, 3.05) is 11.9 Å². The van der Waals surface area contributed by atoms with Crippen molar-refractivity contribution in [3.63, 3.8) is 0 Å². The van der Waals surface area contributed by atoms with Gasteiger partial charge in [0.1, 0.15) is 23.5 Å². The van der Waals surface area contributed by atoms with Crippen molar-refractivity contribution in [3.8, 4) is 28.1 Å². The number of nitrogens with one attached hydrogen (secondary N) is 2. The van der Waals surface area contributed by atoms with Crippen molar-refractivity contribution in [1.29, 1.82) is 0 Å². The summed E-state index contributed by atoms with van der Waals surface area (Å²) in [6.45, 7) is 8.39. The molecule has 1 aromatic heterocycles. The summed E-state index contributed by atoms with van der Waals surface area (Å²) in [5, 5.41) is 21.2. The molecule has 0 aliphatic carbocycles. The lowest BCUT2D eigenvalue weighted by atomic mass is 9.91.